The van der Waals surface area contributed by atoms with Gasteiger partial charge in [0.05, 0.1) is 17.9 Å². The van der Waals surface area contributed by atoms with Gasteiger partial charge in [-0.05, 0) is 18.2 Å². The van der Waals surface area contributed by atoms with Crippen molar-refractivity contribution in [2.75, 3.05) is 17.2 Å². The van der Waals surface area contributed by atoms with Gasteiger partial charge in [0.2, 0.25) is 11.8 Å². The van der Waals surface area contributed by atoms with Gasteiger partial charge in [0.25, 0.3) is 0 Å². The van der Waals surface area contributed by atoms with E-state index in [0.29, 0.717) is 41.9 Å². The van der Waals surface area contributed by atoms with Gasteiger partial charge in [-0.2, -0.15) is 10.4 Å². The molecule has 0 amide bonds. The molecule has 0 fully saturated rings. The number of nitriles is 1. The van der Waals surface area contributed by atoms with E-state index in [4.69, 9.17) is 4.74 Å². The Kier molecular flexibility index (Phi) is 4.14. The predicted octanol–water partition coefficient (Wildman–Crippen LogP) is 1.88. The quantitative estimate of drug-likeness (QED) is 0.673. The Morgan fingerprint density at radius 1 is 1.31 bits per heavy atom. The minimum atomic E-state index is 0.308. The Labute approximate surface area is 149 Å². The third kappa shape index (κ3) is 3.16. The molecule has 1 aliphatic heterocycles. The van der Waals surface area contributed by atoms with Crippen molar-refractivity contribution >= 4 is 17.2 Å². The van der Waals surface area contributed by atoms with Crippen LogP contribution >= 0.6 is 0 Å². The van der Waals surface area contributed by atoms with Crippen LogP contribution in [0.3, 0.4) is 0 Å². The van der Waals surface area contributed by atoms with E-state index in [1.54, 1.807) is 23.3 Å². The first-order valence-corrected chi connectivity index (χ1v) is 7.91. The summed E-state index contributed by atoms with van der Waals surface area (Å²) >= 11 is 0. The van der Waals surface area contributed by atoms with Crippen molar-refractivity contribution in [2.45, 2.75) is 6.54 Å². The van der Waals surface area contributed by atoms with Crippen LogP contribution in [0.25, 0.3) is 5.57 Å². The molecular formula is C17H14N8O. The summed E-state index contributed by atoms with van der Waals surface area (Å²) in [5.41, 5.74) is 1.60. The van der Waals surface area contributed by atoms with E-state index in [1.165, 1.54) is 6.33 Å². The zero-order valence-corrected chi connectivity index (χ0v) is 13.6. The van der Waals surface area contributed by atoms with E-state index in [9.17, 15) is 5.26 Å². The van der Waals surface area contributed by atoms with E-state index >= 15 is 0 Å². The highest BCUT2D eigenvalue weighted by molar-refractivity contribution is 5.81. The number of nitrogens with zero attached hydrogens (tertiary/aromatic N) is 6. The molecule has 128 valence electrons. The SMILES string of the molecule is N#C/C(=C1\Nc2ccccc2O1)c1ccnc(NCCn2cncn2)n1. The first kappa shape index (κ1) is 15.6. The summed E-state index contributed by atoms with van der Waals surface area (Å²) in [6.45, 7) is 1.20. The van der Waals surface area contributed by atoms with Crippen LogP contribution in [-0.4, -0.2) is 31.3 Å². The summed E-state index contributed by atoms with van der Waals surface area (Å²) in [4.78, 5) is 12.5. The van der Waals surface area contributed by atoms with E-state index < -0.39 is 0 Å². The molecule has 0 saturated carbocycles. The van der Waals surface area contributed by atoms with Gasteiger partial charge in [0, 0.05) is 12.7 Å². The fraction of sp³-hybridized carbons (Fsp3) is 0.118. The molecule has 3 aromatic rings. The Balaban J connectivity index is 1.52. The van der Waals surface area contributed by atoms with Crippen molar-refractivity contribution in [3.05, 3.63) is 60.8 Å². The average Bonchev–Trinajstić information content (AvgIpc) is 3.32. The van der Waals surface area contributed by atoms with Crippen LogP contribution in [0.4, 0.5) is 11.6 Å². The molecule has 0 unspecified atom stereocenters. The first-order chi connectivity index (χ1) is 12.8. The number of hydrogen-bond acceptors (Lipinski definition) is 8. The number of anilines is 2. The Bertz CT molecular complexity index is 963. The molecule has 3 heterocycles. The summed E-state index contributed by atoms with van der Waals surface area (Å²) in [6.07, 6.45) is 4.72. The number of fused-ring (bicyclic) bond motifs is 1. The molecule has 0 spiro atoms. The summed E-state index contributed by atoms with van der Waals surface area (Å²) in [5, 5.41) is 19.8. The lowest BCUT2D eigenvalue weighted by Gasteiger charge is -2.07. The average molecular weight is 346 g/mol. The monoisotopic (exact) mass is 346 g/mol. The van der Waals surface area contributed by atoms with Gasteiger partial charge in [0.1, 0.15) is 24.3 Å². The molecule has 0 radical (unpaired) electrons. The van der Waals surface area contributed by atoms with E-state index in [0.717, 1.165) is 5.69 Å². The van der Waals surface area contributed by atoms with Crippen LogP contribution < -0.4 is 15.4 Å². The molecule has 4 rings (SSSR count). The second-order valence-electron chi connectivity index (χ2n) is 5.39. The molecule has 0 atom stereocenters. The largest absolute Gasteiger partial charge is 0.437 e. The van der Waals surface area contributed by atoms with E-state index in [1.807, 2.05) is 24.3 Å². The maximum atomic E-state index is 9.58. The third-order valence-corrected chi connectivity index (χ3v) is 3.69. The van der Waals surface area contributed by atoms with Crippen LogP contribution in [0.5, 0.6) is 5.75 Å². The van der Waals surface area contributed by atoms with Gasteiger partial charge in [0.15, 0.2) is 5.75 Å². The lowest BCUT2D eigenvalue weighted by molar-refractivity contribution is 0.460. The Morgan fingerprint density at radius 3 is 3.04 bits per heavy atom. The number of para-hydroxylation sites is 2. The first-order valence-electron chi connectivity index (χ1n) is 7.91. The third-order valence-electron chi connectivity index (χ3n) is 3.69. The van der Waals surface area contributed by atoms with Crippen molar-refractivity contribution in [3.8, 4) is 11.8 Å². The van der Waals surface area contributed by atoms with Crippen LogP contribution in [0.15, 0.2) is 55.1 Å². The molecule has 1 aromatic carbocycles. The fourth-order valence-electron chi connectivity index (χ4n) is 2.47. The molecule has 9 nitrogen and oxygen atoms in total. The molecule has 9 heteroatoms. The number of rotatable bonds is 5. The molecule has 1 aliphatic rings. The molecule has 0 aliphatic carbocycles. The number of ether oxygens (including phenoxy) is 1. The van der Waals surface area contributed by atoms with Gasteiger partial charge in [-0.25, -0.2) is 15.0 Å². The maximum Gasteiger partial charge on any atom is 0.223 e. The fourth-order valence-corrected chi connectivity index (χ4v) is 2.47. The van der Waals surface area contributed by atoms with Crippen molar-refractivity contribution in [1.29, 1.82) is 5.26 Å². The Morgan fingerprint density at radius 2 is 2.23 bits per heavy atom. The highest BCUT2D eigenvalue weighted by Gasteiger charge is 2.21. The highest BCUT2D eigenvalue weighted by Crippen LogP contribution is 2.35. The normalized spacial score (nSPS) is 14.0. The molecule has 0 saturated heterocycles. The minimum Gasteiger partial charge on any atom is -0.437 e. The van der Waals surface area contributed by atoms with Crippen molar-refractivity contribution in [1.82, 2.24) is 24.7 Å². The maximum absolute atomic E-state index is 9.58. The molecule has 26 heavy (non-hydrogen) atoms. The molecule has 0 bridgehead atoms. The standard InChI is InChI=1S/C17H14N8O/c18-9-12(16-23-14-3-1-2-4-15(14)26-16)13-5-6-20-17(24-13)21-7-8-25-11-19-10-22-25/h1-6,10-11,23H,7-8H2,(H,20,21,24)/b16-12-. The van der Waals surface area contributed by atoms with Crippen molar-refractivity contribution in [3.63, 3.8) is 0 Å². The molecular weight excluding hydrogens is 332 g/mol. The van der Waals surface area contributed by atoms with E-state index in [2.05, 4.69) is 36.8 Å². The van der Waals surface area contributed by atoms with E-state index in [-0.39, 0.29) is 0 Å². The van der Waals surface area contributed by atoms with Gasteiger partial charge in [-0.1, -0.05) is 12.1 Å². The molecule has 2 aromatic heterocycles. The topological polar surface area (TPSA) is 114 Å². The van der Waals surface area contributed by atoms with Crippen LogP contribution in [0.1, 0.15) is 5.69 Å². The lowest BCUT2D eigenvalue weighted by atomic mass is 10.2. The zero-order chi connectivity index (χ0) is 17.8. The van der Waals surface area contributed by atoms with Crippen LogP contribution in [0, 0.1) is 11.3 Å². The highest BCUT2D eigenvalue weighted by atomic mass is 16.5. The summed E-state index contributed by atoms with van der Waals surface area (Å²) < 4.78 is 7.43. The predicted molar refractivity (Wildman–Crippen MR) is 93.8 cm³/mol. The number of hydrogen-bond donors (Lipinski definition) is 2. The summed E-state index contributed by atoms with van der Waals surface area (Å²) in [7, 11) is 0. The second-order valence-corrected chi connectivity index (χ2v) is 5.39. The minimum absolute atomic E-state index is 0.308. The zero-order valence-electron chi connectivity index (χ0n) is 13.6. The van der Waals surface area contributed by atoms with Gasteiger partial charge in [-0.15, -0.1) is 0 Å². The smallest absolute Gasteiger partial charge is 0.223 e. The van der Waals surface area contributed by atoms with Crippen molar-refractivity contribution < 1.29 is 4.74 Å². The number of allylic oxidation sites excluding steroid dienone is 1. The number of benzene rings is 1. The summed E-state index contributed by atoms with van der Waals surface area (Å²) in [5.74, 6) is 1.46. The Hall–Kier alpha value is -3.93. The van der Waals surface area contributed by atoms with Gasteiger partial charge >= 0.3 is 0 Å². The van der Waals surface area contributed by atoms with Crippen LogP contribution in [-0.2, 0) is 6.54 Å². The van der Waals surface area contributed by atoms with Gasteiger partial charge in [-0.3, -0.25) is 4.68 Å². The second kappa shape index (κ2) is 6.90. The van der Waals surface area contributed by atoms with Gasteiger partial charge < -0.3 is 15.4 Å². The van der Waals surface area contributed by atoms with Crippen molar-refractivity contribution in [2.24, 2.45) is 0 Å². The summed E-state index contributed by atoms with van der Waals surface area (Å²) in [6, 6.07) is 11.3. The number of aromatic nitrogens is 5. The lowest BCUT2D eigenvalue weighted by Crippen LogP contribution is -2.13. The molecule has 2 N–H and O–H groups in total. The van der Waals surface area contributed by atoms with Crippen LogP contribution in [0.2, 0.25) is 0 Å². The number of nitrogens with one attached hydrogen (secondary N) is 2.